The van der Waals surface area contributed by atoms with Crippen LogP contribution in [0.1, 0.15) is 67.4 Å². The Morgan fingerprint density at radius 3 is 1.98 bits per heavy atom. The zero-order chi connectivity index (χ0) is 31.0. The van der Waals surface area contributed by atoms with Gasteiger partial charge in [0.05, 0.1) is 5.92 Å². The molecule has 7 atom stereocenters. The quantitative estimate of drug-likeness (QED) is 0.501. The fourth-order valence-electron chi connectivity index (χ4n) is 4.74. The molecule has 2 rings (SSSR count). The maximum absolute atomic E-state index is 13.7. The molecule has 1 heterocycles. The van der Waals surface area contributed by atoms with Crippen LogP contribution in [-0.2, 0) is 39.9 Å². The zero-order valence-corrected chi connectivity index (χ0v) is 25.8. The number of esters is 2. The van der Waals surface area contributed by atoms with Gasteiger partial charge >= 0.3 is 11.9 Å². The minimum atomic E-state index is -1.25. The lowest BCUT2D eigenvalue weighted by Crippen LogP contribution is -2.57. The van der Waals surface area contributed by atoms with Crippen molar-refractivity contribution < 1.29 is 33.4 Å². The molecule has 1 aromatic carbocycles. The maximum atomic E-state index is 13.7. The Balaban J connectivity index is 2.61. The number of amides is 3. The molecular weight excluding hydrogens is 526 g/mol. The number of rotatable bonds is 6. The van der Waals surface area contributed by atoms with Crippen molar-refractivity contribution in [2.45, 2.75) is 98.6 Å². The van der Waals surface area contributed by atoms with Gasteiger partial charge in [0.25, 0.3) is 11.8 Å². The van der Waals surface area contributed by atoms with Crippen LogP contribution in [0.5, 0.6) is 0 Å². The van der Waals surface area contributed by atoms with Crippen LogP contribution in [-0.4, -0.2) is 71.9 Å². The Kier molecular flexibility index (Phi) is 12.3. The fraction of sp³-hybridized carbons (Fsp3) is 0.645. The molecule has 0 aromatic heterocycles. The Bertz CT molecular complexity index is 1070. The molecule has 0 spiro atoms. The highest BCUT2D eigenvalue weighted by Crippen LogP contribution is 2.21. The van der Waals surface area contributed by atoms with Crippen LogP contribution in [0.4, 0.5) is 0 Å². The number of nitrogens with zero attached hydrogens (tertiary/aromatic N) is 1. The van der Waals surface area contributed by atoms with Gasteiger partial charge in [0.15, 0.2) is 12.2 Å². The molecule has 0 saturated carbocycles. The minimum Gasteiger partial charge on any atom is -0.452 e. The highest BCUT2D eigenvalue weighted by atomic mass is 16.6. The van der Waals surface area contributed by atoms with Gasteiger partial charge in [-0.05, 0) is 37.2 Å². The van der Waals surface area contributed by atoms with E-state index in [1.54, 1.807) is 41.5 Å². The molecule has 1 aliphatic heterocycles. The van der Waals surface area contributed by atoms with Crippen molar-refractivity contribution in [1.29, 1.82) is 0 Å². The number of carbonyl (C=O) groups excluding carboxylic acids is 5. The Morgan fingerprint density at radius 1 is 0.829 bits per heavy atom. The number of carbonyl (C=O) groups is 5. The molecule has 1 saturated heterocycles. The summed E-state index contributed by atoms with van der Waals surface area (Å²) >= 11 is 0. The number of ether oxygens (including phenoxy) is 2. The van der Waals surface area contributed by atoms with Crippen molar-refractivity contribution >= 4 is 29.7 Å². The first-order chi connectivity index (χ1) is 19.2. The summed E-state index contributed by atoms with van der Waals surface area (Å²) in [5.74, 6) is -4.85. The average molecular weight is 574 g/mol. The molecule has 10 nitrogen and oxygen atoms in total. The van der Waals surface area contributed by atoms with E-state index in [-0.39, 0.29) is 24.2 Å². The van der Waals surface area contributed by atoms with Crippen molar-refractivity contribution in [2.75, 3.05) is 7.05 Å². The smallest absolute Gasteiger partial charge is 0.329 e. The molecule has 2 N–H and O–H groups in total. The van der Waals surface area contributed by atoms with Gasteiger partial charge in [-0.25, -0.2) is 4.79 Å². The third-order valence-electron chi connectivity index (χ3n) is 7.83. The van der Waals surface area contributed by atoms with Crippen LogP contribution in [0.25, 0.3) is 0 Å². The Morgan fingerprint density at radius 2 is 1.44 bits per heavy atom. The largest absolute Gasteiger partial charge is 0.452 e. The van der Waals surface area contributed by atoms with Crippen LogP contribution >= 0.6 is 0 Å². The number of hydrogen-bond acceptors (Lipinski definition) is 7. The van der Waals surface area contributed by atoms with Crippen LogP contribution in [0.2, 0.25) is 0 Å². The number of hydrogen-bond donors (Lipinski definition) is 2. The molecule has 1 aliphatic rings. The van der Waals surface area contributed by atoms with E-state index in [9.17, 15) is 24.0 Å². The van der Waals surface area contributed by atoms with Crippen LogP contribution in [0.3, 0.4) is 0 Å². The topological polar surface area (TPSA) is 131 Å². The van der Waals surface area contributed by atoms with E-state index in [1.807, 2.05) is 44.2 Å². The van der Waals surface area contributed by atoms with Gasteiger partial charge in [-0.15, -0.1) is 0 Å². The normalized spacial score (nSPS) is 28.2. The second kappa shape index (κ2) is 15.0. The van der Waals surface area contributed by atoms with Gasteiger partial charge < -0.3 is 25.0 Å². The second-order valence-electron chi connectivity index (χ2n) is 11.8. The molecule has 3 amide bonds. The first-order valence-corrected chi connectivity index (χ1v) is 14.5. The third kappa shape index (κ3) is 8.78. The van der Waals surface area contributed by atoms with Crippen molar-refractivity contribution in [3.8, 4) is 0 Å². The second-order valence-corrected chi connectivity index (χ2v) is 11.8. The lowest BCUT2D eigenvalue weighted by atomic mass is 9.95. The Labute approximate surface area is 243 Å². The monoisotopic (exact) mass is 573 g/mol. The third-order valence-corrected chi connectivity index (χ3v) is 7.83. The molecular formula is C31H47N3O7. The van der Waals surface area contributed by atoms with E-state index < -0.39 is 65.9 Å². The minimum absolute atomic E-state index is 0.0788. The van der Waals surface area contributed by atoms with Crippen molar-refractivity contribution in [3.05, 3.63) is 35.9 Å². The summed E-state index contributed by atoms with van der Waals surface area (Å²) in [4.78, 5) is 68.7. The van der Waals surface area contributed by atoms with Gasteiger partial charge in [0.1, 0.15) is 12.1 Å². The molecule has 1 fully saturated rings. The summed E-state index contributed by atoms with van der Waals surface area (Å²) in [7, 11) is 1.47. The van der Waals surface area contributed by atoms with Crippen LogP contribution in [0, 0.1) is 23.7 Å². The molecule has 1 aromatic rings. The van der Waals surface area contributed by atoms with Gasteiger partial charge in [-0.2, -0.15) is 0 Å². The number of cyclic esters (lactones) is 2. The van der Waals surface area contributed by atoms with E-state index in [2.05, 4.69) is 10.6 Å². The predicted molar refractivity (Wildman–Crippen MR) is 154 cm³/mol. The van der Waals surface area contributed by atoms with Gasteiger partial charge in [0, 0.05) is 19.5 Å². The molecule has 228 valence electrons. The first-order valence-electron chi connectivity index (χ1n) is 14.5. The molecule has 0 bridgehead atoms. The van der Waals surface area contributed by atoms with E-state index in [1.165, 1.54) is 11.9 Å². The fourth-order valence-corrected chi connectivity index (χ4v) is 4.74. The highest BCUT2D eigenvalue weighted by molar-refractivity contribution is 5.93. The summed E-state index contributed by atoms with van der Waals surface area (Å²) < 4.78 is 11.5. The predicted octanol–water partition coefficient (Wildman–Crippen LogP) is 2.88. The van der Waals surface area contributed by atoms with E-state index in [0.29, 0.717) is 6.42 Å². The van der Waals surface area contributed by atoms with Crippen LogP contribution in [0.15, 0.2) is 30.3 Å². The van der Waals surface area contributed by atoms with E-state index >= 15 is 0 Å². The lowest BCUT2D eigenvalue weighted by Gasteiger charge is -2.35. The van der Waals surface area contributed by atoms with Crippen molar-refractivity contribution in [3.63, 3.8) is 0 Å². The van der Waals surface area contributed by atoms with E-state index in [0.717, 1.165) is 5.56 Å². The zero-order valence-electron chi connectivity index (χ0n) is 25.8. The van der Waals surface area contributed by atoms with Gasteiger partial charge in [0.2, 0.25) is 5.91 Å². The summed E-state index contributed by atoms with van der Waals surface area (Å²) in [5.41, 5.74) is 0.763. The van der Waals surface area contributed by atoms with Crippen molar-refractivity contribution in [2.24, 2.45) is 23.7 Å². The van der Waals surface area contributed by atoms with Crippen molar-refractivity contribution in [1.82, 2.24) is 15.5 Å². The molecule has 0 radical (unpaired) electrons. The summed E-state index contributed by atoms with van der Waals surface area (Å²) in [6.45, 7) is 14.1. The molecule has 41 heavy (non-hydrogen) atoms. The van der Waals surface area contributed by atoms with Gasteiger partial charge in [-0.3, -0.25) is 19.2 Å². The lowest BCUT2D eigenvalue weighted by molar-refractivity contribution is -0.173. The number of likely N-dealkylation sites (N-methyl/N-ethyl adjacent to an activating group) is 1. The molecule has 1 unspecified atom stereocenters. The first kappa shape index (κ1) is 33.8. The van der Waals surface area contributed by atoms with Gasteiger partial charge in [-0.1, -0.05) is 78.3 Å². The summed E-state index contributed by atoms with van der Waals surface area (Å²) in [5, 5.41) is 5.63. The number of benzene rings is 1. The molecule has 0 aliphatic carbocycles. The maximum Gasteiger partial charge on any atom is 0.329 e. The Hall–Kier alpha value is -3.43. The summed E-state index contributed by atoms with van der Waals surface area (Å²) in [6.07, 6.45) is -1.74. The van der Waals surface area contributed by atoms with E-state index in [4.69, 9.17) is 9.47 Å². The molecule has 10 heteroatoms. The summed E-state index contributed by atoms with van der Waals surface area (Å²) in [6, 6.07) is 6.49. The SMILES string of the molecule is CCC(C)[C@@H]1NC(=O)[C@H](Cc2ccccc2)OC(=O)[C@H](C(C)C)N(C)C(=O)[C@H](C(C)C)OC(=O)[C@H](C)[C@@H](C)NC1=O. The average Bonchev–Trinajstić information content (AvgIpc) is 2.92. The highest BCUT2D eigenvalue weighted by Gasteiger charge is 2.41. The number of nitrogens with one attached hydrogen (secondary N) is 2. The van der Waals surface area contributed by atoms with Crippen LogP contribution < -0.4 is 10.6 Å². The standard InChI is InChI=1S/C31H47N3O7/c1-10-19(6)24-28(36)32-21(8)20(7)30(38)41-26(18(4)5)29(37)34(9)25(17(2)3)31(39)40-23(27(35)33-24)16-22-14-12-11-13-15-22/h11-15,17-21,23-26H,10,16H2,1-9H3,(H,32,36)(H,33,35)/t19?,20-,21-,23+,24+,25+,26+/m1/s1.